The lowest BCUT2D eigenvalue weighted by Gasteiger charge is -2.29. The van der Waals surface area contributed by atoms with Crippen LogP contribution in [-0.2, 0) is 19.6 Å². The molecule has 3 rings (SSSR count). The third-order valence-corrected chi connectivity index (χ3v) is 4.00. The van der Waals surface area contributed by atoms with Crippen LogP contribution in [0.4, 0.5) is 5.69 Å². The van der Waals surface area contributed by atoms with E-state index in [4.69, 9.17) is 5.73 Å². The first kappa shape index (κ1) is 11.7. The van der Waals surface area contributed by atoms with E-state index in [0.717, 1.165) is 35.5 Å². The molecule has 1 aliphatic rings. The Morgan fingerprint density at radius 1 is 1.33 bits per heavy atom. The molecule has 0 saturated carbocycles. The zero-order valence-electron chi connectivity index (χ0n) is 9.88. The maximum atomic E-state index is 5.66. The first-order chi connectivity index (χ1) is 8.78. The van der Waals surface area contributed by atoms with Gasteiger partial charge in [-0.3, -0.25) is 0 Å². The largest absolute Gasteiger partial charge is 0.362 e. The van der Waals surface area contributed by atoms with Crippen molar-refractivity contribution in [1.29, 1.82) is 0 Å². The van der Waals surface area contributed by atoms with Crippen LogP contribution >= 0.6 is 15.9 Å². The number of anilines is 1. The molecule has 1 aromatic carbocycles. The summed E-state index contributed by atoms with van der Waals surface area (Å²) in [4.78, 5) is 2.30. The van der Waals surface area contributed by atoms with Gasteiger partial charge >= 0.3 is 0 Å². The second-order valence-corrected chi connectivity index (χ2v) is 5.20. The molecular formula is C12H14BrN5. The minimum atomic E-state index is 0.551. The minimum absolute atomic E-state index is 0.551. The maximum Gasteiger partial charge on any atom is 0.152 e. The molecule has 1 aliphatic heterocycles. The number of benzene rings is 1. The fraction of sp³-hybridized carbons (Fsp3) is 0.333. The standard InChI is InChI=1S/C12H14BrN5/c13-11-5-10(2-1-9(11)6-14)17-3-4-18-8-15-16-12(18)7-17/h1-2,5,8H,3-4,6-7,14H2. The third kappa shape index (κ3) is 2.02. The van der Waals surface area contributed by atoms with E-state index >= 15 is 0 Å². The van der Waals surface area contributed by atoms with Gasteiger partial charge in [-0.05, 0) is 17.7 Å². The van der Waals surface area contributed by atoms with Crippen LogP contribution in [0, 0.1) is 0 Å². The summed E-state index contributed by atoms with van der Waals surface area (Å²) in [5.41, 5.74) is 7.98. The molecule has 2 aromatic rings. The van der Waals surface area contributed by atoms with E-state index in [1.165, 1.54) is 5.69 Å². The van der Waals surface area contributed by atoms with Crippen molar-refractivity contribution in [2.24, 2.45) is 5.73 Å². The van der Waals surface area contributed by atoms with Crippen LogP contribution in [0.5, 0.6) is 0 Å². The topological polar surface area (TPSA) is 60.0 Å². The zero-order chi connectivity index (χ0) is 12.5. The summed E-state index contributed by atoms with van der Waals surface area (Å²) in [5.74, 6) is 1.01. The van der Waals surface area contributed by atoms with E-state index in [1.54, 1.807) is 6.33 Å². The molecule has 2 N–H and O–H groups in total. The van der Waals surface area contributed by atoms with Gasteiger partial charge in [-0.2, -0.15) is 0 Å². The van der Waals surface area contributed by atoms with Crippen LogP contribution in [0.25, 0.3) is 0 Å². The summed E-state index contributed by atoms with van der Waals surface area (Å²) >= 11 is 3.56. The van der Waals surface area contributed by atoms with Crippen molar-refractivity contribution in [3.05, 3.63) is 40.4 Å². The molecule has 0 spiro atoms. The first-order valence-electron chi connectivity index (χ1n) is 5.88. The number of nitrogens with two attached hydrogens (primary N) is 1. The molecule has 0 unspecified atom stereocenters. The Hall–Kier alpha value is -1.40. The lowest BCUT2D eigenvalue weighted by Crippen LogP contribution is -2.33. The van der Waals surface area contributed by atoms with E-state index in [9.17, 15) is 0 Å². The Labute approximate surface area is 114 Å². The van der Waals surface area contributed by atoms with Crippen molar-refractivity contribution in [2.75, 3.05) is 11.4 Å². The monoisotopic (exact) mass is 307 g/mol. The number of nitrogens with zero attached hydrogens (tertiary/aromatic N) is 4. The fourth-order valence-corrected chi connectivity index (χ4v) is 2.71. The Morgan fingerprint density at radius 3 is 3.00 bits per heavy atom. The zero-order valence-corrected chi connectivity index (χ0v) is 11.5. The van der Waals surface area contributed by atoms with Crippen molar-refractivity contribution < 1.29 is 0 Å². The highest BCUT2D eigenvalue weighted by molar-refractivity contribution is 9.10. The summed E-state index contributed by atoms with van der Waals surface area (Å²) in [6, 6.07) is 6.30. The first-order valence-corrected chi connectivity index (χ1v) is 6.67. The van der Waals surface area contributed by atoms with Crippen molar-refractivity contribution >= 4 is 21.6 Å². The number of fused-ring (bicyclic) bond motifs is 1. The number of hydrogen-bond donors (Lipinski definition) is 1. The van der Waals surface area contributed by atoms with Crippen molar-refractivity contribution in [3.63, 3.8) is 0 Å². The van der Waals surface area contributed by atoms with Gasteiger partial charge in [0.15, 0.2) is 5.82 Å². The summed E-state index contributed by atoms with van der Waals surface area (Å²) in [5, 5.41) is 8.07. The maximum absolute atomic E-state index is 5.66. The van der Waals surface area contributed by atoms with Crippen LogP contribution in [0.15, 0.2) is 29.0 Å². The van der Waals surface area contributed by atoms with E-state index in [1.807, 2.05) is 0 Å². The molecule has 0 radical (unpaired) electrons. The molecule has 0 bridgehead atoms. The fourth-order valence-electron chi connectivity index (χ4n) is 2.19. The highest BCUT2D eigenvalue weighted by atomic mass is 79.9. The molecule has 18 heavy (non-hydrogen) atoms. The van der Waals surface area contributed by atoms with E-state index in [-0.39, 0.29) is 0 Å². The predicted molar refractivity (Wildman–Crippen MR) is 73.1 cm³/mol. The molecule has 0 fully saturated rings. The normalized spacial score (nSPS) is 14.7. The number of hydrogen-bond acceptors (Lipinski definition) is 4. The van der Waals surface area contributed by atoms with E-state index < -0.39 is 0 Å². The van der Waals surface area contributed by atoms with Gasteiger partial charge < -0.3 is 15.2 Å². The Bertz CT molecular complexity index is 565. The average Bonchev–Trinajstić information content (AvgIpc) is 2.85. The van der Waals surface area contributed by atoms with Gasteiger partial charge in [0, 0.05) is 29.8 Å². The van der Waals surface area contributed by atoms with E-state index in [2.05, 4.69) is 53.8 Å². The molecule has 0 atom stereocenters. The minimum Gasteiger partial charge on any atom is -0.362 e. The van der Waals surface area contributed by atoms with Crippen LogP contribution in [0.3, 0.4) is 0 Å². The van der Waals surface area contributed by atoms with Crippen LogP contribution in [-0.4, -0.2) is 21.3 Å². The predicted octanol–water partition coefficient (Wildman–Crippen LogP) is 1.52. The van der Waals surface area contributed by atoms with Gasteiger partial charge in [-0.25, -0.2) is 0 Å². The summed E-state index contributed by atoms with van der Waals surface area (Å²) in [7, 11) is 0. The summed E-state index contributed by atoms with van der Waals surface area (Å²) in [6.45, 7) is 3.25. The van der Waals surface area contributed by atoms with Crippen molar-refractivity contribution in [3.8, 4) is 0 Å². The second-order valence-electron chi connectivity index (χ2n) is 4.34. The van der Waals surface area contributed by atoms with Gasteiger partial charge in [0.1, 0.15) is 6.33 Å². The number of halogens is 1. The summed E-state index contributed by atoms with van der Waals surface area (Å²) in [6.07, 6.45) is 1.79. The SMILES string of the molecule is NCc1ccc(N2CCn3cnnc3C2)cc1Br. The van der Waals surface area contributed by atoms with Gasteiger partial charge in [0.25, 0.3) is 0 Å². The Kier molecular flexibility index (Phi) is 3.05. The van der Waals surface area contributed by atoms with Gasteiger partial charge in [-0.15, -0.1) is 10.2 Å². The molecule has 0 saturated heterocycles. The molecule has 6 heteroatoms. The third-order valence-electron chi connectivity index (χ3n) is 3.26. The molecule has 2 heterocycles. The van der Waals surface area contributed by atoms with Crippen molar-refractivity contribution in [2.45, 2.75) is 19.6 Å². The number of aromatic nitrogens is 3. The van der Waals surface area contributed by atoms with Crippen LogP contribution in [0.2, 0.25) is 0 Å². The Morgan fingerprint density at radius 2 is 2.22 bits per heavy atom. The molecule has 0 amide bonds. The second kappa shape index (κ2) is 4.70. The van der Waals surface area contributed by atoms with Crippen LogP contribution in [0.1, 0.15) is 11.4 Å². The highest BCUT2D eigenvalue weighted by Crippen LogP contribution is 2.26. The molecule has 5 nitrogen and oxygen atoms in total. The van der Waals surface area contributed by atoms with Crippen molar-refractivity contribution in [1.82, 2.24) is 14.8 Å². The lowest BCUT2D eigenvalue weighted by molar-refractivity contribution is 0.560. The molecule has 94 valence electrons. The van der Waals surface area contributed by atoms with E-state index in [0.29, 0.717) is 6.54 Å². The van der Waals surface area contributed by atoms with Gasteiger partial charge in [0.05, 0.1) is 6.54 Å². The quantitative estimate of drug-likeness (QED) is 0.914. The summed E-state index contributed by atoms with van der Waals surface area (Å²) < 4.78 is 3.16. The number of rotatable bonds is 2. The molecule has 1 aromatic heterocycles. The van der Waals surface area contributed by atoms with Gasteiger partial charge in [0.2, 0.25) is 0 Å². The highest BCUT2D eigenvalue weighted by Gasteiger charge is 2.18. The lowest BCUT2D eigenvalue weighted by atomic mass is 10.2. The average molecular weight is 308 g/mol. The smallest absolute Gasteiger partial charge is 0.152 e. The van der Waals surface area contributed by atoms with Gasteiger partial charge in [-0.1, -0.05) is 22.0 Å². The molecule has 0 aliphatic carbocycles. The van der Waals surface area contributed by atoms with Crippen LogP contribution < -0.4 is 10.6 Å². The Balaban J connectivity index is 1.86. The molecular weight excluding hydrogens is 294 g/mol.